The van der Waals surface area contributed by atoms with E-state index in [4.69, 9.17) is 5.73 Å². The molecule has 0 aliphatic heterocycles. The van der Waals surface area contributed by atoms with Crippen molar-refractivity contribution in [3.8, 4) is 0 Å². The number of alkyl halides is 2. The lowest BCUT2D eigenvalue weighted by molar-refractivity contribution is -0.388. The van der Waals surface area contributed by atoms with Gasteiger partial charge in [0.05, 0.1) is 0 Å². The molecule has 0 aliphatic rings. The number of nitrogens with zero attached hydrogens (tertiary/aromatic N) is 1. The smallest absolute Gasteiger partial charge is 0.347 e. The summed E-state index contributed by atoms with van der Waals surface area (Å²) in [5, 5.41) is 10.2. The number of nitrogen functional groups attached to an aromatic ring is 1. The van der Waals surface area contributed by atoms with Gasteiger partial charge in [-0.15, -0.1) is 0 Å². The van der Waals surface area contributed by atoms with Crippen molar-refractivity contribution in [3.05, 3.63) is 32.1 Å². The molecule has 0 saturated heterocycles. The average Bonchev–Trinajstić information content (AvgIpc) is 2.08. The number of aromatic amines is 1. The number of nitro groups is 1. The normalized spacial score (nSPS) is 10.5. The van der Waals surface area contributed by atoms with Crippen molar-refractivity contribution >= 4 is 11.5 Å². The molecule has 0 unspecified atom stereocenters. The van der Waals surface area contributed by atoms with Crippen LogP contribution < -0.4 is 11.2 Å². The molecule has 0 amide bonds. The zero-order valence-electron chi connectivity index (χ0n) is 6.66. The van der Waals surface area contributed by atoms with E-state index in [1.165, 1.54) is 0 Å². The van der Waals surface area contributed by atoms with E-state index in [1.807, 2.05) is 4.98 Å². The number of hydrogen-bond acceptors (Lipinski definition) is 4. The van der Waals surface area contributed by atoms with Gasteiger partial charge in [-0.2, -0.15) is 0 Å². The minimum atomic E-state index is -3.01. The van der Waals surface area contributed by atoms with Crippen molar-refractivity contribution in [1.29, 1.82) is 0 Å². The second kappa shape index (κ2) is 3.40. The van der Waals surface area contributed by atoms with Gasteiger partial charge in [-0.25, -0.2) is 13.8 Å². The Morgan fingerprint density at radius 2 is 2.14 bits per heavy atom. The summed E-state index contributed by atoms with van der Waals surface area (Å²) >= 11 is 0. The molecule has 1 aromatic heterocycles. The number of hydrogen-bond donors (Lipinski definition) is 2. The Kier molecular flexibility index (Phi) is 2.45. The van der Waals surface area contributed by atoms with E-state index in [-0.39, 0.29) is 0 Å². The summed E-state index contributed by atoms with van der Waals surface area (Å²) in [6.07, 6.45) is -2.43. The fraction of sp³-hybridized carbons (Fsp3) is 0.167. The van der Waals surface area contributed by atoms with Gasteiger partial charge in [0.2, 0.25) is 5.43 Å². The van der Waals surface area contributed by atoms with Gasteiger partial charge in [0.25, 0.3) is 6.43 Å². The molecule has 0 radical (unpaired) electrons. The summed E-state index contributed by atoms with van der Waals surface area (Å²) in [5.74, 6) is -0.778. The molecule has 6 nitrogen and oxygen atoms in total. The second-order valence-corrected chi connectivity index (χ2v) is 2.39. The minimum Gasteiger partial charge on any atom is -0.389 e. The fourth-order valence-corrected chi connectivity index (χ4v) is 0.866. The maximum atomic E-state index is 12.1. The highest BCUT2D eigenvalue weighted by Crippen LogP contribution is 2.19. The molecule has 0 aromatic carbocycles. The number of anilines is 1. The summed E-state index contributed by atoms with van der Waals surface area (Å²) < 4.78 is 24.2. The fourth-order valence-electron chi connectivity index (χ4n) is 0.866. The zero-order chi connectivity index (χ0) is 10.9. The quantitative estimate of drug-likeness (QED) is 0.550. The number of halogens is 2. The Hall–Kier alpha value is -1.99. The molecule has 3 N–H and O–H groups in total. The highest BCUT2D eigenvalue weighted by atomic mass is 19.3. The van der Waals surface area contributed by atoms with Crippen LogP contribution >= 0.6 is 0 Å². The number of aromatic nitrogens is 1. The summed E-state index contributed by atoms with van der Waals surface area (Å²) in [6.45, 7) is 0. The standard InChI is InChI=1S/C6H5F2N3O3/c7-5(8)2-1-10-6(11(13)14)3(9)4(2)12/h1,5H,9H2,(H,10,12). The molecule has 76 valence electrons. The van der Waals surface area contributed by atoms with Gasteiger partial charge in [0.15, 0.2) is 5.69 Å². The lowest BCUT2D eigenvalue weighted by Crippen LogP contribution is -2.17. The molecule has 8 heteroatoms. The molecule has 1 aromatic rings. The summed E-state index contributed by atoms with van der Waals surface area (Å²) in [7, 11) is 0. The van der Waals surface area contributed by atoms with Crippen molar-refractivity contribution < 1.29 is 13.7 Å². The molecule has 0 aliphatic carbocycles. The first-order valence-corrected chi connectivity index (χ1v) is 3.38. The largest absolute Gasteiger partial charge is 0.389 e. The summed E-state index contributed by atoms with van der Waals surface area (Å²) in [4.78, 5) is 22.2. The molecule has 1 heterocycles. The van der Waals surface area contributed by atoms with E-state index in [2.05, 4.69) is 0 Å². The number of H-pyrrole nitrogens is 1. The van der Waals surface area contributed by atoms with Crippen molar-refractivity contribution in [2.24, 2.45) is 0 Å². The predicted octanol–water partition coefficient (Wildman–Crippen LogP) is 0.803. The lowest BCUT2D eigenvalue weighted by atomic mass is 10.2. The molecular formula is C6H5F2N3O3. The van der Waals surface area contributed by atoms with Gasteiger partial charge in [-0.3, -0.25) is 4.79 Å². The highest BCUT2D eigenvalue weighted by molar-refractivity contribution is 5.54. The SMILES string of the molecule is Nc1c([N+](=O)[O-])[nH]cc(C(F)F)c1=O. The summed E-state index contributed by atoms with van der Waals surface area (Å²) in [5.41, 5.74) is 2.09. The number of rotatable bonds is 2. The van der Waals surface area contributed by atoms with Crippen LogP contribution in [-0.4, -0.2) is 9.91 Å². The third-order valence-corrected chi connectivity index (χ3v) is 1.54. The topological polar surface area (TPSA) is 102 Å². The first-order chi connectivity index (χ1) is 6.45. The number of nitrogens with one attached hydrogen (secondary N) is 1. The van der Waals surface area contributed by atoms with Crippen molar-refractivity contribution in [2.75, 3.05) is 5.73 Å². The Morgan fingerprint density at radius 1 is 1.57 bits per heavy atom. The van der Waals surface area contributed by atoms with Crippen molar-refractivity contribution in [2.45, 2.75) is 6.43 Å². The van der Waals surface area contributed by atoms with Crippen LogP contribution in [0.5, 0.6) is 0 Å². The van der Waals surface area contributed by atoms with Gasteiger partial charge >= 0.3 is 5.82 Å². The first-order valence-electron chi connectivity index (χ1n) is 3.38. The van der Waals surface area contributed by atoms with E-state index in [0.29, 0.717) is 6.20 Å². The van der Waals surface area contributed by atoms with E-state index < -0.39 is 33.8 Å². The Bertz CT molecular complexity index is 429. The third kappa shape index (κ3) is 1.53. The van der Waals surface area contributed by atoms with E-state index >= 15 is 0 Å². The van der Waals surface area contributed by atoms with Gasteiger partial charge in [-0.1, -0.05) is 0 Å². The van der Waals surface area contributed by atoms with Crippen LogP contribution in [0.1, 0.15) is 12.0 Å². The Morgan fingerprint density at radius 3 is 2.57 bits per heavy atom. The number of pyridine rings is 1. The van der Waals surface area contributed by atoms with E-state index in [0.717, 1.165) is 0 Å². The van der Waals surface area contributed by atoms with Crippen molar-refractivity contribution in [3.63, 3.8) is 0 Å². The zero-order valence-corrected chi connectivity index (χ0v) is 6.66. The molecule has 0 saturated carbocycles. The predicted molar refractivity (Wildman–Crippen MR) is 43.1 cm³/mol. The molecule has 0 atom stereocenters. The molecule has 0 bridgehead atoms. The molecular weight excluding hydrogens is 200 g/mol. The van der Waals surface area contributed by atoms with Gasteiger partial charge < -0.3 is 15.8 Å². The maximum Gasteiger partial charge on any atom is 0.347 e. The monoisotopic (exact) mass is 205 g/mol. The molecule has 0 spiro atoms. The Balaban J connectivity index is 3.42. The van der Waals surface area contributed by atoms with Crippen LogP contribution in [0.4, 0.5) is 20.3 Å². The maximum absolute atomic E-state index is 12.1. The van der Waals surface area contributed by atoms with Gasteiger partial charge in [0.1, 0.15) is 11.8 Å². The first kappa shape index (κ1) is 10.1. The minimum absolute atomic E-state index is 0.585. The number of nitrogens with two attached hydrogens (primary N) is 1. The van der Waals surface area contributed by atoms with Crippen LogP contribution in [0.25, 0.3) is 0 Å². The van der Waals surface area contributed by atoms with Crippen LogP contribution in [0.15, 0.2) is 11.0 Å². The van der Waals surface area contributed by atoms with Crippen LogP contribution in [-0.2, 0) is 0 Å². The average molecular weight is 205 g/mol. The van der Waals surface area contributed by atoms with Gasteiger partial charge in [0, 0.05) is 0 Å². The lowest BCUT2D eigenvalue weighted by Gasteiger charge is -2.00. The second-order valence-electron chi connectivity index (χ2n) is 2.39. The highest BCUT2D eigenvalue weighted by Gasteiger charge is 2.21. The Labute approximate surface area is 75.5 Å². The van der Waals surface area contributed by atoms with Gasteiger partial charge in [-0.05, 0) is 4.92 Å². The molecule has 1 rings (SSSR count). The van der Waals surface area contributed by atoms with Crippen LogP contribution in [0.3, 0.4) is 0 Å². The molecule has 14 heavy (non-hydrogen) atoms. The van der Waals surface area contributed by atoms with Crippen molar-refractivity contribution in [1.82, 2.24) is 4.98 Å². The van der Waals surface area contributed by atoms with Crippen LogP contribution in [0.2, 0.25) is 0 Å². The van der Waals surface area contributed by atoms with Crippen LogP contribution in [0, 0.1) is 10.1 Å². The third-order valence-electron chi connectivity index (χ3n) is 1.54. The van der Waals surface area contributed by atoms with E-state index in [9.17, 15) is 23.7 Å². The molecule has 0 fully saturated rings. The van der Waals surface area contributed by atoms with E-state index in [1.54, 1.807) is 0 Å². The summed E-state index contributed by atoms with van der Waals surface area (Å²) in [6, 6.07) is 0.